The lowest BCUT2D eigenvalue weighted by Gasteiger charge is -2.18. The number of amidine groups is 1. The van der Waals surface area contributed by atoms with Gasteiger partial charge in [-0.25, -0.2) is 8.42 Å². The van der Waals surface area contributed by atoms with Crippen molar-refractivity contribution in [1.29, 1.82) is 0 Å². The number of halogens is 1. The van der Waals surface area contributed by atoms with Crippen LogP contribution in [0.4, 0.5) is 0 Å². The average molecular weight is 351 g/mol. The van der Waals surface area contributed by atoms with E-state index in [0.717, 1.165) is 0 Å². The molecule has 6 heteroatoms. The molecule has 0 aliphatic heterocycles. The smallest absolute Gasteiger partial charge is 0.263 e. The summed E-state index contributed by atoms with van der Waals surface area (Å²) in [5.41, 5.74) is 0.0804. The second-order valence-electron chi connectivity index (χ2n) is 6.03. The van der Waals surface area contributed by atoms with Gasteiger partial charge >= 0.3 is 0 Å². The van der Waals surface area contributed by atoms with E-state index in [2.05, 4.69) is 9.71 Å². The molecule has 2 rings (SSSR count). The van der Waals surface area contributed by atoms with E-state index < -0.39 is 15.6 Å². The van der Waals surface area contributed by atoms with E-state index in [1.165, 1.54) is 12.1 Å². The van der Waals surface area contributed by atoms with E-state index in [9.17, 15) is 8.42 Å². The van der Waals surface area contributed by atoms with Crippen molar-refractivity contribution in [3.8, 4) is 0 Å². The van der Waals surface area contributed by atoms with Crippen LogP contribution in [0, 0.1) is 0 Å². The number of benzene rings is 2. The molecule has 0 aromatic heterocycles. The standard InChI is InChI=1S/C17H19ClN2O2S/c1-17(2,3)19-16(14-11-7-8-12-15(14)18)20-23(21,22)13-9-5-4-6-10-13/h4-12H,1-3H3,(H,19,20). The molecule has 0 fully saturated rings. The number of hydrogen-bond donors (Lipinski definition) is 1. The fourth-order valence-electron chi connectivity index (χ4n) is 1.91. The van der Waals surface area contributed by atoms with Gasteiger partial charge < -0.3 is 0 Å². The molecule has 0 amide bonds. The van der Waals surface area contributed by atoms with Crippen molar-refractivity contribution in [2.45, 2.75) is 31.2 Å². The fraction of sp³-hybridized carbons (Fsp3) is 0.235. The molecule has 1 N–H and O–H groups in total. The Bertz CT molecular complexity index is 810. The lowest BCUT2D eigenvalue weighted by Crippen LogP contribution is -2.33. The van der Waals surface area contributed by atoms with Gasteiger partial charge in [0.2, 0.25) is 0 Å². The predicted molar refractivity (Wildman–Crippen MR) is 94.5 cm³/mol. The first-order valence-electron chi connectivity index (χ1n) is 7.12. The summed E-state index contributed by atoms with van der Waals surface area (Å²) in [4.78, 5) is 4.67. The summed E-state index contributed by atoms with van der Waals surface area (Å²) in [5, 5.41) is 0.436. The van der Waals surface area contributed by atoms with Crippen molar-refractivity contribution in [2.24, 2.45) is 4.99 Å². The van der Waals surface area contributed by atoms with Crippen molar-refractivity contribution in [2.75, 3.05) is 0 Å². The van der Waals surface area contributed by atoms with Crippen molar-refractivity contribution >= 4 is 27.5 Å². The zero-order valence-corrected chi connectivity index (χ0v) is 14.8. The molecule has 0 heterocycles. The fourth-order valence-corrected chi connectivity index (χ4v) is 3.18. The number of nitrogens with one attached hydrogen (secondary N) is 1. The highest BCUT2D eigenvalue weighted by Gasteiger charge is 2.20. The monoisotopic (exact) mass is 350 g/mol. The molecule has 23 heavy (non-hydrogen) atoms. The Balaban J connectivity index is 2.49. The molecule has 0 aliphatic carbocycles. The lowest BCUT2D eigenvalue weighted by atomic mass is 10.1. The van der Waals surface area contributed by atoms with Gasteiger partial charge in [-0.15, -0.1) is 0 Å². The maximum atomic E-state index is 12.6. The third-order valence-corrected chi connectivity index (χ3v) is 4.55. The molecule has 0 saturated carbocycles. The van der Waals surface area contributed by atoms with Crippen molar-refractivity contribution in [3.63, 3.8) is 0 Å². The first-order chi connectivity index (χ1) is 10.7. The van der Waals surface area contributed by atoms with Gasteiger partial charge in [-0.05, 0) is 45.0 Å². The van der Waals surface area contributed by atoms with Gasteiger partial charge in [-0.1, -0.05) is 41.9 Å². The highest BCUT2D eigenvalue weighted by molar-refractivity contribution is 7.90. The maximum absolute atomic E-state index is 12.6. The summed E-state index contributed by atoms with van der Waals surface area (Å²) in [6, 6.07) is 15.2. The maximum Gasteiger partial charge on any atom is 0.263 e. The van der Waals surface area contributed by atoms with E-state index in [1.54, 1.807) is 42.5 Å². The van der Waals surface area contributed by atoms with Crippen LogP contribution in [0.1, 0.15) is 26.3 Å². The van der Waals surface area contributed by atoms with Gasteiger partial charge in [0.1, 0.15) is 5.84 Å². The van der Waals surface area contributed by atoms with Crippen molar-refractivity contribution < 1.29 is 8.42 Å². The second kappa shape index (κ2) is 6.72. The molecule has 0 bridgehead atoms. The van der Waals surface area contributed by atoms with Crippen molar-refractivity contribution in [3.05, 3.63) is 65.2 Å². The van der Waals surface area contributed by atoms with Crippen LogP contribution in [-0.2, 0) is 10.0 Å². The largest absolute Gasteiger partial charge is 0.263 e. The number of aliphatic imine (C=N–C) groups is 1. The van der Waals surface area contributed by atoms with Crippen molar-refractivity contribution in [1.82, 2.24) is 4.72 Å². The Labute approximate surface area is 142 Å². The zero-order chi connectivity index (χ0) is 17.1. The highest BCUT2D eigenvalue weighted by Crippen LogP contribution is 2.19. The van der Waals surface area contributed by atoms with Crippen LogP contribution in [-0.4, -0.2) is 19.8 Å². The molecule has 2 aromatic carbocycles. The lowest BCUT2D eigenvalue weighted by molar-refractivity contribution is 0.578. The number of nitrogens with zero attached hydrogens (tertiary/aromatic N) is 1. The average Bonchev–Trinajstić information content (AvgIpc) is 2.46. The summed E-state index contributed by atoms with van der Waals surface area (Å²) in [6.07, 6.45) is 0. The second-order valence-corrected chi connectivity index (χ2v) is 8.12. The first-order valence-corrected chi connectivity index (χ1v) is 8.98. The molecular formula is C17H19ClN2O2S. The Kier molecular flexibility index (Phi) is 5.12. The van der Waals surface area contributed by atoms with Gasteiger partial charge in [0.05, 0.1) is 15.5 Å². The van der Waals surface area contributed by atoms with Gasteiger partial charge in [-0.3, -0.25) is 9.71 Å². The Morgan fingerprint density at radius 2 is 1.57 bits per heavy atom. The van der Waals surface area contributed by atoms with Crippen LogP contribution >= 0.6 is 11.6 Å². The molecule has 0 aliphatic rings. The third kappa shape index (κ3) is 4.81. The third-order valence-electron chi connectivity index (χ3n) is 2.86. The number of rotatable bonds is 3. The SMILES string of the molecule is CC(C)(C)N=C(NS(=O)(=O)c1ccccc1)c1ccccc1Cl. The van der Waals surface area contributed by atoms with Crippen LogP contribution in [0.2, 0.25) is 5.02 Å². The topological polar surface area (TPSA) is 58.5 Å². The molecule has 0 saturated heterocycles. The van der Waals surface area contributed by atoms with E-state index in [1.807, 2.05) is 20.8 Å². The minimum Gasteiger partial charge on any atom is -0.263 e. The molecule has 0 radical (unpaired) electrons. The van der Waals surface area contributed by atoms with Gasteiger partial charge in [0.15, 0.2) is 0 Å². The Morgan fingerprint density at radius 1 is 1.00 bits per heavy atom. The Morgan fingerprint density at radius 3 is 2.13 bits per heavy atom. The van der Waals surface area contributed by atoms with Crippen LogP contribution in [0.25, 0.3) is 0 Å². The molecule has 2 aromatic rings. The van der Waals surface area contributed by atoms with Gasteiger partial charge in [0, 0.05) is 5.56 Å². The molecule has 0 unspecified atom stereocenters. The first kappa shape index (κ1) is 17.5. The van der Waals surface area contributed by atoms with E-state index in [-0.39, 0.29) is 10.7 Å². The van der Waals surface area contributed by atoms with Crippen LogP contribution in [0.15, 0.2) is 64.5 Å². The van der Waals surface area contributed by atoms with Gasteiger partial charge in [-0.2, -0.15) is 0 Å². The summed E-state index contributed by atoms with van der Waals surface area (Å²) < 4.78 is 27.7. The molecular weight excluding hydrogens is 332 g/mol. The van der Waals surface area contributed by atoms with Gasteiger partial charge in [0.25, 0.3) is 10.0 Å². The quantitative estimate of drug-likeness (QED) is 0.675. The number of hydrogen-bond acceptors (Lipinski definition) is 3. The molecule has 0 atom stereocenters. The molecule has 4 nitrogen and oxygen atoms in total. The van der Waals surface area contributed by atoms with Crippen LogP contribution in [0.5, 0.6) is 0 Å². The molecule has 122 valence electrons. The number of sulfonamides is 1. The normalized spacial score (nSPS) is 13.0. The summed E-state index contributed by atoms with van der Waals surface area (Å²) >= 11 is 6.21. The minimum absolute atomic E-state index is 0.175. The summed E-state index contributed by atoms with van der Waals surface area (Å²) in [7, 11) is -3.74. The van der Waals surface area contributed by atoms with E-state index >= 15 is 0 Å². The van der Waals surface area contributed by atoms with E-state index in [0.29, 0.717) is 10.6 Å². The molecule has 0 spiro atoms. The summed E-state index contributed by atoms with van der Waals surface area (Å²) in [6.45, 7) is 5.67. The zero-order valence-electron chi connectivity index (χ0n) is 13.2. The van der Waals surface area contributed by atoms with Crippen LogP contribution < -0.4 is 4.72 Å². The highest BCUT2D eigenvalue weighted by atomic mass is 35.5. The predicted octanol–water partition coefficient (Wildman–Crippen LogP) is 3.86. The minimum atomic E-state index is -3.74. The van der Waals surface area contributed by atoms with Crippen LogP contribution in [0.3, 0.4) is 0 Å². The summed E-state index contributed by atoms with van der Waals surface area (Å²) in [5.74, 6) is 0.229. The Hall–Kier alpha value is -1.85. The van der Waals surface area contributed by atoms with E-state index in [4.69, 9.17) is 11.6 Å².